The third-order valence-electron chi connectivity index (χ3n) is 2.53. The molecule has 7 heteroatoms. The number of benzene rings is 1. The highest BCUT2D eigenvalue weighted by atomic mass is 19.4. The number of carbonyl (C=O) groups is 1. The second-order valence-corrected chi connectivity index (χ2v) is 3.94. The minimum absolute atomic E-state index is 0.0570. The highest BCUT2D eigenvalue weighted by Gasteiger charge is 2.33. The molecule has 1 aromatic carbocycles. The van der Waals surface area contributed by atoms with Crippen LogP contribution in [0.3, 0.4) is 0 Å². The van der Waals surface area contributed by atoms with Gasteiger partial charge in [0.1, 0.15) is 0 Å². The average Bonchev–Trinajstić information content (AvgIpc) is 2.38. The number of H-pyrrole nitrogens is 1. The topological polar surface area (TPSA) is 62.0 Å². The van der Waals surface area contributed by atoms with Gasteiger partial charge in [-0.1, -0.05) is 12.1 Å². The van der Waals surface area contributed by atoms with Gasteiger partial charge in [0.2, 0.25) is 5.56 Å². The third kappa shape index (κ3) is 3.05. The van der Waals surface area contributed by atoms with Crippen LogP contribution >= 0.6 is 0 Å². The Morgan fingerprint density at radius 2 is 1.80 bits per heavy atom. The molecular weight excluding hydrogens is 273 g/mol. The van der Waals surface area contributed by atoms with Crippen molar-refractivity contribution in [2.24, 2.45) is 0 Å². The van der Waals surface area contributed by atoms with Gasteiger partial charge in [0, 0.05) is 12.3 Å². The van der Waals surface area contributed by atoms with Gasteiger partial charge in [-0.25, -0.2) is 0 Å². The van der Waals surface area contributed by atoms with Crippen LogP contribution in [0.5, 0.6) is 0 Å². The van der Waals surface area contributed by atoms with Gasteiger partial charge in [-0.15, -0.1) is 0 Å². The molecule has 0 fully saturated rings. The van der Waals surface area contributed by atoms with Crippen molar-refractivity contribution in [3.63, 3.8) is 0 Å². The van der Waals surface area contributed by atoms with Crippen LogP contribution in [0.1, 0.15) is 15.9 Å². The maximum Gasteiger partial charge on any atom is 0.418 e. The number of aromatic nitrogens is 1. The Balaban J connectivity index is 2.29. The van der Waals surface area contributed by atoms with Crippen molar-refractivity contribution in [3.05, 3.63) is 64.1 Å². The lowest BCUT2D eigenvalue weighted by molar-refractivity contribution is -0.136. The summed E-state index contributed by atoms with van der Waals surface area (Å²) < 4.78 is 38.3. The Morgan fingerprint density at radius 3 is 2.40 bits per heavy atom. The number of carbonyl (C=O) groups excluding carboxylic acids is 1. The van der Waals surface area contributed by atoms with E-state index in [4.69, 9.17) is 0 Å². The molecule has 20 heavy (non-hydrogen) atoms. The van der Waals surface area contributed by atoms with Crippen LogP contribution in [-0.4, -0.2) is 10.9 Å². The van der Waals surface area contributed by atoms with Gasteiger partial charge < -0.3 is 10.3 Å². The predicted molar refractivity (Wildman–Crippen MR) is 66.5 cm³/mol. The van der Waals surface area contributed by atoms with E-state index in [2.05, 4.69) is 10.3 Å². The number of para-hydroxylation sites is 1. The zero-order valence-electron chi connectivity index (χ0n) is 9.99. The molecule has 0 bridgehead atoms. The van der Waals surface area contributed by atoms with E-state index in [1.54, 1.807) is 0 Å². The molecule has 0 saturated heterocycles. The molecule has 0 aliphatic carbocycles. The van der Waals surface area contributed by atoms with E-state index in [0.29, 0.717) is 0 Å². The number of pyridine rings is 1. The number of halogens is 3. The lowest BCUT2D eigenvalue weighted by atomic mass is 10.1. The van der Waals surface area contributed by atoms with E-state index in [9.17, 15) is 22.8 Å². The zero-order valence-corrected chi connectivity index (χ0v) is 9.99. The van der Waals surface area contributed by atoms with Crippen molar-refractivity contribution in [3.8, 4) is 0 Å². The Kier molecular flexibility index (Phi) is 3.60. The fourth-order valence-electron chi connectivity index (χ4n) is 1.59. The second kappa shape index (κ2) is 5.20. The Bertz CT molecular complexity index is 672. The number of alkyl halides is 3. The van der Waals surface area contributed by atoms with Crippen LogP contribution in [0, 0.1) is 0 Å². The quantitative estimate of drug-likeness (QED) is 0.889. The van der Waals surface area contributed by atoms with E-state index in [0.717, 1.165) is 24.4 Å². The Morgan fingerprint density at radius 1 is 1.10 bits per heavy atom. The summed E-state index contributed by atoms with van der Waals surface area (Å²) in [7, 11) is 0. The van der Waals surface area contributed by atoms with Crippen molar-refractivity contribution in [2.75, 3.05) is 5.32 Å². The maximum atomic E-state index is 12.8. The lowest BCUT2D eigenvalue weighted by Crippen LogP contribution is -2.17. The molecule has 2 N–H and O–H groups in total. The zero-order chi connectivity index (χ0) is 14.8. The van der Waals surface area contributed by atoms with Crippen LogP contribution in [0.25, 0.3) is 0 Å². The van der Waals surface area contributed by atoms with Crippen LogP contribution in [-0.2, 0) is 6.18 Å². The molecule has 4 nitrogen and oxygen atoms in total. The summed E-state index contributed by atoms with van der Waals surface area (Å²) >= 11 is 0. The molecule has 0 atom stereocenters. The Hall–Kier alpha value is -2.57. The van der Waals surface area contributed by atoms with Crippen molar-refractivity contribution in [1.82, 2.24) is 4.98 Å². The van der Waals surface area contributed by atoms with Crippen molar-refractivity contribution in [2.45, 2.75) is 6.18 Å². The highest BCUT2D eigenvalue weighted by Crippen LogP contribution is 2.34. The van der Waals surface area contributed by atoms with E-state index >= 15 is 0 Å². The van der Waals surface area contributed by atoms with Gasteiger partial charge in [-0.3, -0.25) is 9.59 Å². The number of aromatic amines is 1. The van der Waals surface area contributed by atoms with Crippen LogP contribution < -0.4 is 10.9 Å². The summed E-state index contributed by atoms with van der Waals surface area (Å²) in [5.41, 5.74) is -1.62. The first-order valence-electron chi connectivity index (χ1n) is 5.54. The first-order chi connectivity index (χ1) is 9.38. The second-order valence-electron chi connectivity index (χ2n) is 3.94. The van der Waals surface area contributed by atoms with E-state index in [1.807, 2.05) is 0 Å². The summed E-state index contributed by atoms with van der Waals surface area (Å²) in [6, 6.07) is 7.00. The normalized spacial score (nSPS) is 11.2. The van der Waals surface area contributed by atoms with Gasteiger partial charge in [0.25, 0.3) is 5.91 Å². The highest BCUT2D eigenvalue weighted by molar-refractivity contribution is 6.04. The maximum absolute atomic E-state index is 12.8. The number of anilines is 1. The summed E-state index contributed by atoms with van der Waals surface area (Å²) in [5.74, 6) is -0.738. The lowest BCUT2D eigenvalue weighted by Gasteiger charge is -2.13. The molecular formula is C13H9F3N2O2. The third-order valence-corrected chi connectivity index (χ3v) is 2.53. The molecule has 2 rings (SSSR count). The van der Waals surface area contributed by atoms with E-state index < -0.39 is 23.2 Å². The minimum atomic E-state index is -4.56. The first kappa shape index (κ1) is 13.9. The number of hydrogen-bond donors (Lipinski definition) is 2. The standard InChI is InChI=1S/C13H9F3N2O2/c14-13(15,16)9-3-1-2-4-10(9)18-12(20)8-5-6-11(19)17-7-8/h1-7H,(H,17,19)(H,18,20). The van der Waals surface area contributed by atoms with Crippen LogP contribution in [0.15, 0.2) is 47.4 Å². The number of hydrogen-bond acceptors (Lipinski definition) is 2. The smallest absolute Gasteiger partial charge is 0.328 e. The molecule has 1 amide bonds. The number of nitrogens with one attached hydrogen (secondary N) is 2. The monoisotopic (exact) mass is 282 g/mol. The first-order valence-corrected chi connectivity index (χ1v) is 5.54. The molecule has 0 unspecified atom stereocenters. The summed E-state index contributed by atoms with van der Waals surface area (Å²) in [4.78, 5) is 24.9. The van der Waals surface area contributed by atoms with Gasteiger partial charge in [0.05, 0.1) is 16.8 Å². The molecule has 1 aromatic heterocycles. The molecule has 1 heterocycles. The molecule has 0 aliphatic heterocycles. The SMILES string of the molecule is O=C(Nc1ccccc1C(F)(F)F)c1ccc(=O)[nH]c1. The number of rotatable bonds is 2. The van der Waals surface area contributed by atoms with E-state index in [-0.39, 0.29) is 11.3 Å². The summed E-state index contributed by atoms with van der Waals surface area (Å²) in [6.07, 6.45) is -3.43. The fraction of sp³-hybridized carbons (Fsp3) is 0.0769. The fourth-order valence-corrected chi connectivity index (χ4v) is 1.59. The average molecular weight is 282 g/mol. The van der Waals surface area contributed by atoms with Gasteiger partial charge >= 0.3 is 6.18 Å². The van der Waals surface area contributed by atoms with Crippen molar-refractivity contribution in [1.29, 1.82) is 0 Å². The molecule has 104 valence electrons. The van der Waals surface area contributed by atoms with Gasteiger partial charge in [-0.05, 0) is 18.2 Å². The Labute approximate surface area is 111 Å². The molecule has 0 aliphatic rings. The molecule has 0 saturated carbocycles. The largest absolute Gasteiger partial charge is 0.418 e. The van der Waals surface area contributed by atoms with Gasteiger partial charge in [-0.2, -0.15) is 13.2 Å². The molecule has 0 spiro atoms. The van der Waals surface area contributed by atoms with E-state index in [1.165, 1.54) is 18.2 Å². The van der Waals surface area contributed by atoms with Gasteiger partial charge in [0.15, 0.2) is 0 Å². The van der Waals surface area contributed by atoms with Crippen molar-refractivity contribution >= 4 is 11.6 Å². The van der Waals surface area contributed by atoms with Crippen LogP contribution in [0.2, 0.25) is 0 Å². The molecule has 2 aromatic rings. The summed E-state index contributed by atoms with van der Waals surface area (Å²) in [6.45, 7) is 0. The molecule has 0 radical (unpaired) electrons. The van der Waals surface area contributed by atoms with Crippen molar-refractivity contribution < 1.29 is 18.0 Å². The summed E-state index contributed by atoms with van der Waals surface area (Å²) in [5, 5.41) is 2.17. The minimum Gasteiger partial charge on any atom is -0.328 e. The number of amides is 1. The predicted octanol–water partition coefficient (Wildman–Crippen LogP) is 2.65. The van der Waals surface area contributed by atoms with Crippen LogP contribution in [0.4, 0.5) is 18.9 Å².